The monoisotopic (exact) mass is 271 g/mol. The molecule has 5 nitrogen and oxygen atoms in total. The predicted molar refractivity (Wildman–Crippen MR) is 72.8 cm³/mol. The van der Waals surface area contributed by atoms with Crippen LogP contribution in [0.4, 0.5) is 15.8 Å². The lowest BCUT2D eigenvalue weighted by molar-refractivity contribution is 0.1000. The van der Waals surface area contributed by atoms with Crippen LogP contribution in [0.25, 0.3) is 11.1 Å². The zero-order valence-electron chi connectivity index (χ0n) is 10.3. The van der Waals surface area contributed by atoms with Crippen molar-refractivity contribution < 1.29 is 13.6 Å². The van der Waals surface area contributed by atoms with Crippen LogP contribution >= 0.6 is 0 Å². The van der Waals surface area contributed by atoms with Gasteiger partial charge in [-0.15, -0.1) is 0 Å². The third-order valence-corrected chi connectivity index (χ3v) is 2.79. The van der Waals surface area contributed by atoms with Crippen molar-refractivity contribution in [2.24, 2.45) is 0 Å². The van der Waals surface area contributed by atoms with Crippen LogP contribution < -0.4 is 11.1 Å². The second kappa shape index (κ2) is 4.65. The summed E-state index contributed by atoms with van der Waals surface area (Å²) in [5.74, 6) is -0.898. The molecular formula is C14H10FN3O2. The second-order valence-corrected chi connectivity index (χ2v) is 4.16. The highest BCUT2D eigenvalue weighted by molar-refractivity contribution is 6.10. The molecule has 0 aliphatic carbocycles. The van der Waals surface area contributed by atoms with Gasteiger partial charge in [-0.25, -0.2) is 4.39 Å². The molecule has 6 heteroatoms. The highest BCUT2D eigenvalue weighted by atomic mass is 19.1. The maximum absolute atomic E-state index is 12.8. The molecule has 3 rings (SSSR count). The zero-order chi connectivity index (χ0) is 14.1. The lowest BCUT2D eigenvalue weighted by Crippen LogP contribution is -2.12. The van der Waals surface area contributed by atoms with Gasteiger partial charge in [0, 0.05) is 11.9 Å². The average molecular weight is 271 g/mol. The quantitative estimate of drug-likeness (QED) is 0.751. The van der Waals surface area contributed by atoms with Crippen LogP contribution in [-0.4, -0.2) is 10.9 Å². The fourth-order valence-corrected chi connectivity index (χ4v) is 1.84. The lowest BCUT2D eigenvalue weighted by atomic mass is 10.3. The Morgan fingerprint density at radius 2 is 2.00 bits per heavy atom. The first-order chi connectivity index (χ1) is 9.65. The van der Waals surface area contributed by atoms with Gasteiger partial charge in [0.1, 0.15) is 17.0 Å². The van der Waals surface area contributed by atoms with Gasteiger partial charge in [-0.1, -0.05) is 0 Å². The number of halogens is 1. The van der Waals surface area contributed by atoms with Crippen molar-refractivity contribution in [1.82, 2.24) is 4.98 Å². The number of benzene rings is 1. The average Bonchev–Trinajstić information content (AvgIpc) is 2.79. The van der Waals surface area contributed by atoms with Gasteiger partial charge in [-0.3, -0.25) is 9.78 Å². The normalized spacial score (nSPS) is 10.7. The number of carbonyl (C=O) groups excluding carboxylic acids is 1. The van der Waals surface area contributed by atoms with E-state index in [-0.39, 0.29) is 17.3 Å². The molecule has 0 fully saturated rings. The molecule has 1 aromatic carbocycles. The molecule has 3 N–H and O–H groups in total. The van der Waals surface area contributed by atoms with E-state index < -0.39 is 5.91 Å². The van der Waals surface area contributed by atoms with E-state index in [1.54, 1.807) is 18.3 Å². The summed E-state index contributed by atoms with van der Waals surface area (Å²) < 4.78 is 18.2. The molecule has 0 radical (unpaired) electrons. The Balaban J connectivity index is 1.92. The smallest absolute Gasteiger partial charge is 0.293 e. The Morgan fingerprint density at radius 1 is 1.25 bits per heavy atom. The van der Waals surface area contributed by atoms with E-state index in [1.165, 1.54) is 24.3 Å². The second-order valence-electron chi connectivity index (χ2n) is 4.16. The number of rotatable bonds is 2. The maximum atomic E-state index is 12.8. The third-order valence-electron chi connectivity index (χ3n) is 2.79. The van der Waals surface area contributed by atoms with Gasteiger partial charge in [0.25, 0.3) is 5.91 Å². The zero-order valence-corrected chi connectivity index (χ0v) is 10.3. The number of amides is 1. The standard InChI is InChI=1S/C14H10FN3O2/c15-8-3-5-9(6-4-8)18-14(19)13-11(16)12-10(20-13)2-1-7-17-12/h1-7H,16H2,(H,18,19). The lowest BCUT2D eigenvalue weighted by Gasteiger charge is -2.03. The number of hydrogen-bond acceptors (Lipinski definition) is 4. The summed E-state index contributed by atoms with van der Waals surface area (Å²) in [7, 11) is 0. The van der Waals surface area contributed by atoms with Gasteiger partial charge < -0.3 is 15.5 Å². The van der Waals surface area contributed by atoms with Crippen LogP contribution in [0, 0.1) is 5.82 Å². The Bertz CT molecular complexity index is 781. The van der Waals surface area contributed by atoms with Crippen molar-refractivity contribution in [3.8, 4) is 0 Å². The van der Waals surface area contributed by atoms with Gasteiger partial charge in [0.2, 0.25) is 5.76 Å². The fraction of sp³-hybridized carbons (Fsp3) is 0. The minimum atomic E-state index is -0.507. The number of nitrogens with two attached hydrogens (primary N) is 1. The molecule has 100 valence electrons. The first kappa shape index (κ1) is 12.2. The van der Waals surface area contributed by atoms with E-state index in [0.717, 1.165) is 0 Å². The summed E-state index contributed by atoms with van der Waals surface area (Å²) in [5, 5.41) is 2.58. The van der Waals surface area contributed by atoms with Crippen molar-refractivity contribution in [2.45, 2.75) is 0 Å². The van der Waals surface area contributed by atoms with Crippen LogP contribution in [0.3, 0.4) is 0 Å². The molecule has 2 aromatic heterocycles. The van der Waals surface area contributed by atoms with Crippen LogP contribution in [-0.2, 0) is 0 Å². The molecule has 0 spiro atoms. The van der Waals surface area contributed by atoms with Crippen molar-refractivity contribution in [3.05, 3.63) is 54.2 Å². The van der Waals surface area contributed by atoms with Crippen LogP contribution in [0.2, 0.25) is 0 Å². The van der Waals surface area contributed by atoms with E-state index in [9.17, 15) is 9.18 Å². The molecular weight excluding hydrogens is 261 g/mol. The molecule has 0 aliphatic heterocycles. The number of hydrogen-bond donors (Lipinski definition) is 2. The number of nitrogens with zero attached hydrogens (tertiary/aromatic N) is 1. The van der Waals surface area contributed by atoms with Crippen molar-refractivity contribution in [3.63, 3.8) is 0 Å². The number of furan rings is 1. The molecule has 3 aromatic rings. The van der Waals surface area contributed by atoms with Gasteiger partial charge >= 0.3 is 0 Å². The minimum Gasteiger partial charge on any atom is -0.447 e. The number of anilines is 2. The minimum absolute atomic E-state index is 0.0111. The van der Waals surface area contributed by atoms with Crippen molar-refractivity contribution in [1.29, 1.82) is 0 Å². The van der Waals surface area contributed by atoms with Gasteiger partial charge in [-0.2, -0.15) is 0 Å². The largest absolute Gasteiger partial charge is 0.447 e. The van der Waals surface area contributed by atoms with Crippen LogP contribution in [0.1, 0.15) is 10.6 Å². The molecule has 0 saturated heterocycles. The predicted octanol–water partition coefficient (Wildman–Crippen LogP) is 2.80. The molecule has 0 aliphatic rings. The molecule has 0 unspecified atom stereocenters. The molecule has 1 amide bonds. The summed E-state index contributed by atoms with van der Waals surface area (Å²) in [5.41, 5.74) is 7.35. The number of pyridine rings is 1. The van der Waals surface area contributed by atoms with Crippen molar-refractivity contribution >= 4 is 28.4 Å². The molecule has 2 heterocycles. The summed E-state index contributed by atoms with van der Waals surface area (Å²) in [6.07, 6.45) is 1.57. The molecule has 0 saturated carbocycles. The van der Waals surface area contributed by atoms with Gasteiger partial charge in [0.05, 0.1) is 0 Å². The van der Waals surface area contributed by atoms with Gasteiger partial charge in [-0.05, 0) is 36.4 Å². The van der Waals surface area contributed by atoms with Gasteiger partial charge in [0.15, 0.2) is 5.58 Å². The van der Waals surface area contributed by atoms with E-state index >= 15 is 0 Å². The SMILES string of the molecule is Nc1c(C(=O)Nc2ccc(F)cc2)oc2cccnc12. The third kappa shape index (κ3) is 2.07. The van der Waals surface area contributed by atoms with Crippen LogP contribution in [0.15, 0.2) is 47.0 Å². The summed E-state index contributed by atoms with van der Waals surface area (Å²) in [6, 6.07) is 8.76. The Hall–Kier alpha value is -2.89. The van der Waals surface area contributed by atoms with E-state index in [1.807, 2.05) is 0 Å². The topological polar surface area (TPSA) is 81.2 Å². The Labute approximate surface area is 113 Å². The number of nitrogen functional groups attached to an aromatic ring is 1. The molecule has 20 heavy (non-hydrogen) atoms. The summed E-state index contributed by atoms with van der Waals surface area (Å²) in [4.78, 5) is 16.1. The maximum Gasteiger partial charge on any atom is 0.293 e. The molecule has 0 atom stereocenters. The summed E-state index contributed by atoms with van der Waals surface area (Å²) in [6.45, 7) is 0. The first-order valence-corrected chi connectivity index (χ1v) is 5.85. The highest BCUT2D eigenvalue weighted by Gasteiger charge is 2.19. The number of fused-ring (bicyclic) bond motifs is 1. The molecule has 0 bridgehead atoms. The van der Waals surface area contributed by atoms with Crippen molar-refractivity contribution in [2.75, 3.05) is 11.1 Å². The Kier molecular flexibility index (Phi) is 2.83. The summed E-state index contributed by atoms with van der Waals surface area (Å²) >= 11 is 0. The Morgan fingerprint density at radius 3 is 2.70 bits per heavy atom. The number of carbonyl (C=O) groups is 1. The number of aromatic nitrogens is 1. The van der Waals surface area contributed by atoms with E-state index in [4.69, 9.17) is 10.2 Å². The van der Waals surface area contributed by atoms with E-state index in [2.05, 4.69) is 10.3 Å². The highest BCUT2D eigenvalue weighted by Crippen LogP contribution is 2.26. The first-order valence-electron chi connectivity index (χ1n) is 5.85. The number of nitrogens with one attached hydrogen (secondary N) is 1. The fourth-order valence-electron chi connectivity index (χ4n) is 1.84. The van der Waals surface area contributed by atoms with E-state index in [0.29, 0.717) is 16.8 Å². The van der Waals surface area contributed by atoms with Crippen LogP contribution in [0.5, 0.6) is 0 Å².